The molecule has 0 saturated heterocycles. The number of methoxy groups -OCH3 is 6. The molecule has 0 saturated carbocycles. The Labute approximate surface area is 341 Å². The fourth-order valence-corrected chi connectivity index (χ4v) is 8.15. The molecule has 2 aliphatic rings. The number of hydrogen-bond acceptors (Lipinski definition) is 16. The van der Waals surface area contributed by atoms with Gasteiger partial charge in [-0.1, -0.05) is 19.0 Å². The average molecular weight is 863 g/mol. The molecule has 312 valence electrons. The SMILES string of the molecule is C.CN/N=C/c1ccc(O)c(OC)c1.COc1cc(OC)c2c(c1)C(Cl)=NS2(=O)=O.COc1cc(OC)c2c(c1)C(N(C)/N=C/c1ccc(O)c(OC)c1)=NS2(=O)=O. The lowest BCUT2D eigenvalue weighted by molar-refractivity contribution is 0.373. The molecular weight excluding hydrogens is 820 g/mol. The van der Waals surface area contributed by atoms with Crippen LogP contribution in [0.25, 0.3) is 0 Å². The summed E-state index contributed by atoms with van der Waals surface area (Å²) in [6.45, 7) is 0. The predicted molar refractivity (Wildman–Crippen MR) is 220 cm³/mol. The normalized spacial score (nSPS) is 13.9. The Morgan fingerprint density at radius 2 is 1.10 bits per heavy atom. The van der Waals surface area contributed by atoms with Gasteiger partial charge < -0.3 is 44.1 Å². The molecule has 4 aromatic rings. The molecule has 0 radical (unpaired) electrons. The van der Waals surface area contributed by atoms with Gasteiger partial charge in [-0.2, -0.15) is 27.0 Å². The maximum absolute atomic E-state index is 12.5. The molecular formula is C37H43ClN6O12S2. The van der Waals surface area contributed by atoms with Gasteiger partial charge in [0.2, 0.25) is 0 Å². The van der Waals surface area contributed by atoms with Crippen molar-refractivity contribution < 1.29 is 55.5 Å². The Morgan fingerprint density at radius 3 is 1.57 bits per heavy atom. The highest BCUT2D eigenvalue weighted by molar-refractivity contribution is 7.91. The summed E-state index contributed by atoms with van der Waals surface area (Å²) in [6.07, 6.45) is 3.13. The Bertz CT molecular complexity index is 2480. The molecule has 2 aliphatic heterocycles. The molecule has 18 nitrogen and oxygen atoms in total. The number of nitrogens with zero attached hydrogens (tertiary/aromatic N) is 5. The largest absolute Gasteiger partial charge is 0.504 e. The van der Waals surface area contributed by atoms with Gasteiger partial charge in [0.05, 0.1) is 55.1 Å². The smallest absolute Gasteiger partial charge is 0.288 e. The van der Waals surface area contributed by atoms with Crippen LogP contribution in [-0.4, -0.2) is 112 Å². The molecule has 4 aromatic carbocycles. The summed E-state index contributed by atoms with van der Waals surface area (Å²) in [7, 11) is 4.26. The number of aromatic hydroxyl groups is 2. The van der Waals surface area contributed by atoms with Crippen LogP contribution < -0.4 is 33.8 Å². The quantitative estimate of drug-likeness (QED) is 0.144. The second-order valence-electron chi connectivity index (χ2n) is 11.3. The Hall–Kier alpha value is -6.25. The van der Waals surface area contributed by atoms with Crippen molar-refractivity contribution in [1.82, 2.24) is 10.4 Å². The first-order valence-electron chi connectivity index (χ1n) is 16.2. The highest BCUT2D eigenvalue weighted by Crippen LogP contribution is 2.40. The van der Waals surface area contributed by atoms with Gasteiger partial charge in [0, 0.05) is 37.4 Å². The topological polar surface area (TPSA) is 229 Å². The summed E-state index contributed by atoms with van der Waals surface area (Å²) >= 11 is 5.74. The van der Waals surface area contributed by atoms with E-state index in [2.05, 4.69) is 24.4 Å². The summed E-state index contributed by atoms with van der Waals surface area (Å²) < 4.78 is 86.0. The number of halogens is 1. The number of rotatable bonds is 10. The summed E-state index contributed by atoms with van der Waals surface area (Å²) in [5.74, 6) is 2.22. The van der Waals surface area contributed by atoms with Crippen molar-refractivity contribution in [3.8, 4) is 46.0 Å². The first kappa shape index (κ1) is 46.1. The molecule has 3 N–H and O–H groups in total. The van der Waals surface area contributed by atoms with E-state index in [-0.39, 0.29) is 51.2 Å². The number of hydrogen-bond donors (Lipinski definition) is 3. The van der Waals surface area contributed by atoms with Crippen molar-refractivity contribution in [3.05, 3.63) is 82.9 Å². The van der Waals surface area contributed by atoms with Gasteiger partial charge in [-0.25, -0.2) is 5.01 Å². The molecule has 0 amide bonds. The van der Waals surface area contributed by atoms with Crippen LogP contribution in [0.4, 0.5) is 0 Å². The minimum absolute atomic E-state index is 0. The van der Waals surface area contributed by atoms with Gasteiger partial charge in [-0.05, 0) is 59.7 Å². The maximum atomic E-state index is 12.5. The van der Waals surface area contributed by atoms with Crippen LogP contribution in [0.5, 0.6) is 46.0 Å². The molecule has 0 aromatic heterocycles. The van der Waals surface area contributed by atoms with Crippen molar-refractivity contribution in [3.63, 3.8) is 0 Å². The number of phenols is 2. The molecule has 0 atom stereocenters. The Kier molecular flexibility index (Phi) is 15.7. The number of hydrazone groups is 2. The minimum atomic E-state index is -3.93. The summed E-state index contributed by atoms with van der Waals surface area (Å²) in [4.78, 5) is -0.0417. The van der Waals surface area contributed by atoms with E-state index in [1.165, 1.54) is 78.1 Å². The van der Waals surface area contributed by atoms with E-state index in [1.807, 2.05) is 0 Å². The summed E-state index contributed by atoms with van der Waals surface area (Å²) in [6, 6.07) is 15.8. The van der Waals surface area contributed by atoms with Crippen LogP contribution in [0.1, 0.15) is 29.7 Å². The van der Waals surface area contributed by atoms with Crippen LogP contribution in [0, 0.1) is 0 Å². The molecule has 0 unspecified atom stereocenters. The first-order chi connectivity index (χ1) is 27.1. The average Bonchev–Trinajstić information content (AvgIpc) is 3.62. The van der Waals surface area contributed by atoms with E-state index in [0.717, 1.165) is 5.56 Å². The highest BCUT2D eigenvalue weighted by atomic mass is 35.5. The van der Waals surface area contributed by atoms with E-state index in [0.29, 0.717) is 39.7 Å². The Morgan fingerprint density at radius 1 is 0.655 bits per heavy atom. The zero-order chi connectivity index (χ0) is 42.1. The number of sulfonamides is 2. The van der Waals surface area contributed by atoms with Gasteiger partial charge in [-0.3, -0.25) is 0 Å². The van der Waals surface area contributed by atoms with Crippen LogP contribution in [0.3, 0.4) is 0 Å². The predicted octanol–water partition coefficient (Wildman–Crippen LogP) is 4.81. The molecule has 0 aliphatic carbocycles. The molecule has 0 fully saturated rings. The van der Waals surface area contributed by atoms with E-state index in [1.54, 1.807) is 56.7 Å². The fourth-order valence-electron chi connectivity index (χ4n) is 5.08. The van der Waals surface area contributed by atoms with E-state index >= 15 is 0 Å². The van der Waals surface area contributed by atoms with Crippen LogP contribution >= 0.6 is 11.6 Å². The molecule has 2 heterocycles. The number of ether oxygens (including phenoxy) is 6. The third-order valence-corrected chi connectivity index (χ3v) is 10.9. The number of amidine groups is 1. The second kappa shape index (κ2) is 19.7. The first-order valence-corrected chi connectivity index (χ1v) is 19.4. The lowest BCUT2D eigenvalue weighted by atomic mass is 10.1. The van der Waals surface area contributed by atoms with Gasteiger partial charge in [0.15, 0.2) is 34.0 Å². The number of benzene rings is 4. The third kappa shape index (κ3) is 10.4. The van der Waals surface area contributed by atoms with Gasteiger partial charge in [0.25, 0.3) is 20.0 Å². The lowest BCUT2D eigenvalue weighted by Gasteiger charge is -2.14. The van der Waals surface area contributed by atoms with E-state index in [9.17, 15) is 27.0 Å². The molecule has 0 spiro atoms. The fraction of sp³-hybridized carbons (Fsp3) is 0.243. The van der Waals surface area contributed by atoms with Crippen molar-refractivity contribution in [2.24, 2.45) is 19.0 Å². The van der Waals surface area contributed by atoms with Crippen LogP contribution in [-0.2, 0) is 20.0 Å². The lowest BCUT2D eigenvalue weighted by Crippen LogP contribution is -2.21. The minimum Gasteiger partial charge on any atom is -0.504 e. The van der Waals surface area contributed by atoms with E-state index in [4.69, 9.17) is 40.0 Å². The van der Waals surface area contributed by atoms with Crippen LogP contribution in [0.15, 0.2) is 89.5 Å². The zero-order valence-corrected chi connectivity index (χ0v) is 34.2. The van der Waals surface area contributed by atoms with Gasteiger partial charge in [-0.15, -0.1) is 8.80 Å². The maximum Gasteiger partial charge on any atom is 0.288 e. The molecule has 6 rings (SSSR count). The number of fused-ring (bicyclic) bond motifs is 2. The van der Waals surface area contributed by atoms with Crippen molar-refractivity contribution in [2.75, 3.05) is 56.8 Å². The van der Waals surface area contributed by atoms with E-state index < -0.39 is 20.0 Å². The molecule has 21 heteroatoms. The van der Waals surface area contributed by atoms with Gasteiger partial charge in [0.1, 0.15) is 32.8 Å². The molecule has 0 bridgehead atoms. The van der Waals surface area contributed by atoms with Crippen molar-refractivity contribution in [1.29, 1.82) is 0 Å². The van der Waals surface area contributed by atoms with Crippen LogP contribution in [0.2, 0.25) is 0 Å². The standard InChI is InChI=1S/C18H19N3O6S.C9H8ClNO4S.C9H12N2O2.CH4/c1-21(19-10-11-5-6-14(22)15(7-11)26-3)18-13-8-12(25-2)9-16(27-4)17(13)28(23,24)20-18;1-14-5-3-6-8(7(4-5)15-2)16(12,13)11-9(6)10;1-10-11-6-7-3-4-8(12)9(5-7)13-2;/h5-10,22H,1-4H3;3-4H,1-2H3;3-6,10,12H,1-2H3;1H4/b19-10+;;11-6+;. The third-order valence-electron chi connectivity index (χ3n) is 7.79. The number of phenolic OH excluding ortho intramolecular Hbond substituents is 2. The summed E-state index contributed by atoms with van der Waals surface area (Å²) in [5.41, 5.74) is 4.78. The highest BCUT2D eigenvalue weighted by Gasteiger charge is 2.36. The monoisotopic (exact) mass is 862 g/mol. The second-order valence-corrected chi connectivity index (χ2v) is 14.7. The summed E-state index contributed by atoms with van der Waals surface area (Å²) in [5, 5.41) is 28.3. The van der Waals surface area contributed by atoms with Crippen molar-refractivity contribution in [2.45, 2.75) is 17.2 Å². The number of nitrogens with one attached hydrogen (secondary N) is 1. The Balaban J connectivity index is 0.000000254. The van der Waals surface area contributed by atoms with Gasteiger partial charge >= 0.3 is 0 Å². The molecule has 58 heavy (non-hydrogen) atoms. The zero-order valence-electron chi connectivity index (χ0n) is 31.8. The van der Waals surface area contributed by atoms with Crippen molar-refractivity contribution >= 4 is 55.1 Å².